The highest BCUT2D eigenvalue weighted by atomic mass is 16.5. The van der Waals surface area contributed by atoms with Crippen molar-refractivity contribution in [1.29, 1.82) is 0 Å². The van der Waals surface area contributed by atoms with Crippen LogP contribution < -0.4 is 10.1 Å². The normalized spacial score (nSPS) is 16.4. The van der Waals surface area contributed by atoms with Gasteiger partial charge in [0, 0.05) is 18.1 Å². The largest absolute Gasteiger partial charge is 0.493 e. The number of ether oxygens (including phenoxy) is 1. The molecule has 25 heavy (non-hydrogen) atoms. The molecule has 1 amide bonds. The van der Waals surface area contributed by atoms with Gasteiger partial charge in [0.25, 0.3) is 0 Å². The maximum absolute atomic E-state index is 12.4. The summed E-state index contributed by atoms with van der Waals surface area (Å²) in [5.74, 6) is 0.770. The lowest BCUT2D eigenvalue weighted by Crippen LogP contribution is -2.30. The Bertz CT molecular complexity index is 940. The van der Waals surface area contributed by atoms with Gasteiger partial charge in [-0.2, -0.15) is 0 Å². The van der Waals surface area contributed by atoms with Gasteiger partial charge in [-0.3, -0.25) is 4.79 Å². The van der Waals surface area contributed by atoms with Gasteiger partial charge in [0.15, 0.2) is 0 Å². The standard InChI is InChI=1S/C22H19NO2/c24-22(23-20-14-15-25-21-11-4-3-10-19(20)21)13-12-17-8-5-7-16-6-1-2-9-18(16)17/h1-13,20H,14-15H2,(H,23,24). The smallest absolute Gasteiger partial charge is 0.244 e. The quantitative estimate of drug-likeness (QED) is 0.719. The van der Waals surface area contributed by atoms with E-state index in [2.05, 4.69) is 23.5 Å². The zero-order chi connectivity index (χ0) is 17.1. The molecule has 3 nitrogen and oxygen atoms in total. The van der Waals surface area contributed by atoms with Crippen molar-refractivity contribution >= 4 is 22.8 Å². The van der Waals surface area contributed by atoms with Gasteiger partial charge in [0.1, 0.15) is 5.75 Å². The number of carbonyl (C=O) groups is 1. The maximum atomic E-state index is 12.4. The number of carbonyl (C=O) groups excluding carboxylic acids is 1. The molecule has 0 spiro atoms. The molecule has 124 valence electrons. The van der Waals surface area contributed by atoms with E-state index in [-0.39, 0.29) is 11.9 Å². The van der Waals surface area contributed by atoms with Crippen LogP contribution in [0.3, 0.4) is 0 Å². The monoisotopic (exact) mass is 329 g/mol. The molecule has 1 atom stereocenters. The van der Waals surface area contributed by atoms with E-state index in [1.54, 1.807) is 6.08 Å². The van der Waals surface area contributed by atoms with Crippen molar-refractivity contribution in [3.05, 3.63) is 83.9 Å². The van der Waals surface area contributed by atoms with Crippen molar-refractivity contribution in [3.8, 4) is 5.75 Å². The summed E-state index contributed by atoms with van der Waals surface area (Å²) in [6, 6.07) is 22.2. The molecule has 0 aliphatic carbocycles. The van der Waals surface area contributed by atoms with E-state index < -0.39 is 0 Å². The van der Waals surface area contributed by atoms with Crippen LogP contribution in [0.2, 0.25) is 0 Å². The Labute approximate surface area is 146 Å². The summed E-state index contributed by atoms with van der Waals surface area (Å²) in [6.45, 7) is 0.620. The molecule has 3 heteroatoms. The number of amides is 1. The molecule has 4 rings (SSSR count). The number of hydrogen-bond donors (Lipinski definition) is 1. The SMILES string of the molecule is O=C(C=Cc1cccc2ccccc12)NC1CCOc2ccccc21. The summed E-state index contributed by atoms with van der Waals surface area (Å²) >= 11 is 0. The van der Waals surface area contributed by atoms with E-state index in [4.69, 9.17) is 4.74 Å². The van der Waals surface area contributed by atoms with Crippen molar-refractivity contribution in [2.24, 2.45) is 0 Å². The van der Waals surface area contributed by atoms with Gasteiger partial charge in [-0.1, -0.05) is 60.7 Å². The molecule has 3 aromatic carbocycles. The van der Waals surface area contributed by atoms with E-state index in [1.165, 1.54) is 5.39 Å². The summed E-state index contributed by atoms with van der Waals surface area (Å²) in [6.07, 6.45) is 4.27. The van der Waals surface area contributed by atoms with E-state index in [0.29, 0.717) is 6.61 Å². The van der Waals surface area contributed by atoms with Gasteiger partial charge < -0.3 is 10.1 Å². The molecule has 0 fully saturated rings. The lowest BCUT2D eigenvalue weighted by atomic mass is 10.0. The third-order valence-corrected chi connectivity index (χ3v) is 4.51. The summed E-state index contributed by atoms with van der Waals surface area (Å²) in [7, 11) is 0. The average Bonchev–Trinajstić information content (AvgIpc) is 2.66. The van der Waals surface area contributed by atoms with Crippen LogP contribution in [0.15, 0.2) is 72.8 Å². The molecule has 1 unspecified atom stereocenters. The first-order valence-corrected chi connectivity index (χ1v) is 8.49. The first-order valence-electron chi connectivity index (χ1n) is 8.49. The number of rotatable bonds is 3. The lowest BCUT2D eigenvalue weighted by Gasteiger charge is -2.26. The molecule has 3 aromatic rings. The molecule has 1 heterocycles. The number of para-hydroxylation sites is 1. The fourth-order valence-corrected chi connectivity index (χ4v) is 3.27. The van der Waals surface area contributed by atoms with E-state index in [0.717, 1.165) is 28.7 Å². The Morgan fingerprint density at radius 1 is 1.00 bits per heavy atom. The van der Waals surface area contributed by atoms with Gasteiger partial charge in [-0.25, -0.2) is 0 Å². The summed E-state index contributed by atoms with van der Waals surface area (Å²) in [5, 5.41) is 5.40. The van der Waals surface area contributed by atoms with Gasteiger partial charge in [-0.05, 0) is 28.5 Å². The van der Waals surface area contributed by atoms with Crippen molar-refractivity contribution in [1.82, 2.24) is 5.32 Å². The Morgan fingerprint density at radius 3 is 2.76 bits per heavy atom. The van der Waals surface area contributed by atoms with Crippen molar-refractivity contribution in [3.63, 3.8) is 0 Å². The predicted molar refractivity (Wildman–Crippen MR) is 100 cm³/mol. The maximum Gasteiger partial charge on any atom is 0.244 e. The summed E-state index contributed by atoms with van der Waals surface area (Å²) in [4.78, 5) is 12.4. The number of fused-ring (bicyclic) bond motifs is 2. The van der Waals surface area contributed by atoms with Crippen molar-refractivity contribution in [2.45, 2.75) is 12.5 Å². The molecular weight excluding hydrogens is 310 g/mol. The fourth-order valence-electron chi connectivity index (χ4n) is 3.27. The van der Waals surface area contributed by atoms with Gasteiger partial charge >= 0.3 is 0 Å². The van der Waals surface area contributed by atoms with Crippen LogP contribution >= 0.6 is 0 Å². The second kappa shape index (κ2) is 6.81. The summed E-state index contributed by atoms with van der Waals surface area (Å²) in [5.41, 5.74) is 2.08. The van der Waals surface area contributed by atoms with Gasteiger partial charge in [-0.15, -0.1) is 0 Å². The molecule has 0 saturated carbocycles. The third kappa shape index (κ3) is 3.26. The average molecular weight is 329 g/mol. The number of benzene rings is 3. The molecular formula is C22H19NO2. The van der Waals surface area contributed by atoms with E-state index in [1.807, 2.05) is 54.6 Å². The van der Waals surface area contributed by atoms with Crippen LogP contribution in [-0.4, -0.2) is 12.5 Å². The summed E-state index contributed by atoms with van der Waals surface area (Å²) < 4.78 is 5.64. The Kier molecular flexibility index (Phi) is 4.21. The van der Waals surface area contributed by atoms with Gasteiger partial charge in [0.05, 0.1) is 12.6 Å². The van der Waals surface area contributed by atoms with Crippen LogP contribution in [-0.2, 0) is 4.79 Å². The molecule has 1 N–H and O–H groups in total. The zero-order valence-corrected chi connectivity index (χ0v) is 13.8. The second-order valence-corrected chi connectivity index (χ2v) is 6.14. The minimum Gasteiger partial charge on any atom is -0.493 e. The molecule has 1 aliphatic heterocycles. The number of nitrogens with one attached hydrogen (secondary N) is 1. The number of hydrogen-bond acceptors (Lipinski definition) is 2. The first kappa shape index (κ1) is 15.5. The first-order chi connectivity index (χ1) is 12.3. The molecule has 0 aromatic heterocycles. The lowest BCUT2D eigenvalue weighted by molar-refractivity contribution is -0.117. The van der Waals surface area contributed by atoms with Crippen LogP contribution in [0, 0.1) is 0 Å². The highest BCUT2D eigenvalue weighted by molar-refractivity contribution is 5.96. The Morgan fingerprint density at radius 2 is 1.80 bits per heavy atom. The third-order valence-electron chi connectivity index (χ3n) is 4.51. The van der Waals surface area contributed by atoms with Crippen LogP contribution in [0.1, 0.15) is 23.6 Å². The van der Waals surface area contributed by atoms with Crippen LogP contribution in [0.4, 0.5) is 0 Å². The highest BCUT2D eigenvalue weighted by Crippen LogP contribution is 2.31. The zero-order valence-electron chi connectivity index (χ0n) is 13.8. The Balaban J connectivity index is 1.52. The second-order valence-electron chi connectivity index (χ2n) is 6.14. The highest BCUT2D eigenvalue weighted by Gasteiger charge is 2.21. The minimum atomic E-state index is -0.0883. The predicted octanol–water partition coefficient (Wildman–Crippen LogP) is 4.49. The van der Waals surface area contributed by atoms with E-state index in [9.17, 15) is 4.79 Å². The molecule has 0 saturated heterocycles. The molecule has 0 bridgehead atoms. The Hall–Kier alpha value is -3.07. The topological polar surface area (TPSA) is 38.3 Å². The van der Waals surface area contributed by atoms with Gasteiger partial charge in [0.2, 0.25) is 5.91 Å². The van der Waals surface area contributed by atoms with Crippen molar-refractivity contribution < 1.29 is 9.53 Å². The van der Waals surface area contributed by atoms with Crippen LogP contribution in [0.25, 0.3) is 16.8 Å². The molecule has 1 aliphatic rings. The van der Waals surface area contributed by atoms with Crippen molar-refractivity contribution in [2.75, 3.05) is 6.61 Å². The minimum absolute atomic E-state index is 0.00498. The molecule has 0 radical (unpaired) electrons. The fraction of sp³-hybridized carbons (Fsp3) is 0.136. The van der Waals surface area contributed by atoms with Crippen LogP contribution in [0.5, 0.6) is 5.75 Å². The van der Waals surface area contributed by atoms with E-state index >= 15 is 0 Å².